The number of halogens is 1. The average molecular weight is 713 g/mol. The third kappa shape index (κ3) is 9.62. The van der Waals surface area contributed by atoms with Crippen molar-refractivity contribution in [2.45, 2.75) is 96.2 Å². The zero-order chi connectivity index (χ0) is 37.0. The number of hydrogen-bond acceptors (Lipinski definition) is 8. The van der Waals surface area contributed by atoms with Gasteiger partial charge in [0.1, 0.15) is 23.1 Å². The minimum absolute atomic E-state index is 0.0505. The van der Waals surface area contributed by atoms with E-state index in [4.69, 9.17) is 14.2 Å². The second-order valence-corrected chi connectivity index (χ2v) is 16.4. The molecule has 13 heteroatoms. The number of likely N-dealkylation sites (tertiary alicyclic amines) is 1. The first-order valence-electron chi connectivity index (χ1n) is 16.7. The van der Waals surface area contributed by atoms with Gasteiger partial charge in [-0.2, -0.15) is 0 Å². The van der Waals surface area contributed by atoms with Crippen molar-refractivity contribution >= 4 is 44.3 Å². The molecule has 50 heavy (non-hydrogen) atoms. The van der Waals surface area contributed by atoms with Crippen molar-refractivity contribution in [3.8, 4) is 17.6 Å². The van der Waals surface area contributed by atoms with E-state index in [1.54, 1.807) is 41.5 Å². The topological polar surface area (TPSA) is 119 Å². The van der Waals surface area contributed by atoms with E-state index >= 15 is 4.39 Å². The van der Waals surface area contributed by atoms with Crippen molar-refractivity contribution < 1.29 is 36.6 Å². The van der Waals surface area contributed by atoms with Gasteiger partial charge in [0, 0.05) is 36.5 Å². The molecule has 0 saturated carbocycles. The molecular formula is C37H49FN4O7S. The summed E-state index contributed by atoms with van der Waals surface area (Å²) in [5.41, 5.74) is 1.23. The van der Waals surface area contributed by atoms with E-state index < -0.39 is 45.4 Å². The Morgan fingerprint density at radius 3 is 2.36 bits per heavy atom. The van der Waals surface area contributed by atoms with Crippen LogP contribution in [0, 0.1) is 11.8 Å². The first-order chi connectivity index (χ1) is 23.3. The Morgan fingerprint density at radius 1 is 1.06 bits per heavy atom. The van der Waals surface area contributed by atoms with E-state index in [9.17, 15) is 18.0 Å². The number of piperidine rings is 1. The highest BCUT2D eigenvalue weighted by Crippen LogP contribution is 2.33. The van der Waals surface area contributed by atoms with Crippen molar-refractivity contribution in [1.82, 2.24) is 9.47 Å². The largest absolute Gasteiger partial charge is 0.495 e. The fourth-order valence-electron chi connectivity index (χ4n) is 5.62. The van der Waals surface area contributed by atoms with Gasteiger partial charge in [0.2, 0.25) is 0 Å². The van der Waals surface area contributed by atoms with Crippen LogP contribution in [0.5, 0.6) is 5.75 Å². The van der Waals surface area contributed by atoms with Gasteiger partial charge < -0.3 is 29.0 Å². The standard InChI is InChI=1S/C37H49FN4O7S/c1-10-19-41-25(13-12-20-42(35(44)49-37(5,6)7)32-17-16-26(50(9,45)46)23-33(32)47-8)22-27-29(14-11-15-31(27)41)39-30-18-21-40(24-28(30)38)34(43)48-36(2,3)4/h11,14-17,22-23,28,30,39H,10,18-21,24H2,1-9H3/t28-,30-/m0/s1. The molecule has 1 aromatic heterocycles. The molecule has 1 N–H and O–H groups in total. The molecule has 1 saturated heterocycles. The minimum atomic E-state index is -3.52. The summed E-state index contributed by atoms with van der Waals surface area (Å²) in [6.07, 6.45) is -0.147. The number of sulfone groups is 1. The molecule has 2 amide bonds. The van der Waals surface area contributed by atoms with Crippen LogP contribution in [-0.2, 0) is 25.9 Å². The van der Waals surface area contributed by atoms with Crippen molar-refractivity contribution in [3.63, 3.8) is 0 Å². The number of anilines is 2. The van der Waals surface area contributed by atoms with Crippen LogP contribution in [0.3, 0.4) is 0 Å². The molecule has 0 aliphatic carbocycles. The molecule has 2 heterocycles. The van der Waals surface area contributed by atoms with Gasteiger partial charge >= 0.3 is 12.2 Å². The van der Waals surface area contributed by atoms with Crippen molar-refractivity contribution in [2.24, 2.45) is 0 Å². The lowest BCUT2D eigenvalue weighted by molar-refractivity contribution is 0.0125. The fourth-order valence-corrected chi connectivity index (χ4v) is 6.26. The van der Waals surface area contributed by atoms with Gasteiger partial charge in [0.05, 0.1) is 48.0 Å². The third-order valence-electron chi connectivity index (χ3n) is 7.86. The fraction of sp³-hybridized carbons (Fsp3) is 0.514. The predicted molar refractivity (Wildman–Crippen MR) is 194 cm³/mol. The van der Waals surface area contributed by atoms with Crippen molar-refractivity contribution in [1.29, 1.82) is 0 Å². The molecule has 2 atom stereocenters. The van der Waals surface area contributed by atoms with Gasteiger partial charge in [0.25, 0.3) is 0 Å². The van der Waals surface area contributed by atoms with E-state index in [0.29, 0.717) is 30.9 Å². The van der Waals surface area contributed by atoms with Gasteiger partial charge in [-0.15, -0.1) is 0 Å². The summed E-state index contributed by atoms with van der Waals surface area (Å²) in [5, 5.41) is 4.25. The normalized spacial score (nSPS) is 16.7. The number of aromatic nitrogens is 1. The maximum absolute atomic E-state index is 15.4. The van der Waals surface area contributed by atoms with Gasteiger partial charge in [-0.25, -0.2) is 22.4 Å². The number of carbonyl (C=O) groups is 2. The first-order valence-corrected chi connectivity index (χ1v) is 18.6. The number of aryl methyl sites for hydroxylation is 1. The van der Waals surface area contributed by atoms with Crippen LogP contribution >= 0.6 is 0 Å². The number of alkyl halides is 1. The Bertz CT molecular complexity index is 1880. The number of hydrogen-bond donors (Lipinski definition) is 1. The lowest BCUT2D eigenvalue weighted by atomic mass is 10.0. The molecule has 272 valence electrons. The summed E-state index contributed by atoms with van der Waals surface area (Å²) >= 11 is 0. The van der Waals surface area contributed by atoms with Crippen LogP contribution in [0.1, 0.15) is 67.0 Å². The van der Waals surface area contributed by atoms with Crippen LogP contribution in [0.4, 0.5) is 25.4 Å². The molecular weight excluding hydrogens is 663 g/mol. The first kappa shape index (κ1) is 38.4. The van der Waals surface area contributed by atoms with E-state index in [2.05, 4.69) is 28.6 Å². The lowest BCUT2D eigenvalue weighted by Gasteiger charge is -2.36. The van der Waals surface area contributed by atoms with Crippen molar-refractivity contribution in [2.75, 3.05) is 43.2 Å². The lowest BCUT2D eigenvalue weighted by Crippen LogP contribution is -2.51. The van der Waals surface area contributed by atoms with Crippen LogP contribution in [0.25, 0.3) is 10.9 Å². The number of carbonyl (C=O) groups excluding carboxylic acids is 2. The third-order valence-corrected chi connectivity index (χ3v) is 8.97. The number of fused-ring (bicyclic) bond motifs is 1. The SMILES string of the molecule is CCCn1c(C#CCN(C(=O)OC(C)(C)C)c2ccc(S(C)(=O)=O)cc2OC)cc2c(N[C@H]3CCN(C(=O)OC(C)(C)C)C[C@@H]3F)cccc21. The molecule has 1 fully saturated rings. The van der Waals surface area contributed by atoms with E-state index in [1.165, 1.54) is 35.1 Å². The Balaban J connectivity index is 1.64. The number of benzene rings is 2. The summed E-state index contributed by atoms with van der Waals surface area (Å²) < 4.78 is 58.5. The number of ether oxygens (including phenoxy) is 3. The van der Waals surface area contributed by atoms with Crippen LogP contribution in [-0.4, -0.2) is 86.5 Å². The maximum atomic E-state index is 15.4. The highest BCUT2D eigenvalue weighted by Gasteiger charge is 2.34. The molecule has 0 radical (unpaired) electrons. The second kappa shape index (κ2) is 15.2. The zero-order valence-corrected chi connectivity index (χ0v) is 31.2. The number of nitrogens with one attached hydrogen (secondary N) is 1. The Hall–Kier alpha value is -4.44. The Morgan fingerprint density at radius 2 is 1.76 bits per heavy atom. The van der Waals surface area contributed by atoms with E-state index in [0.717, 1.165) is 29.3 Å². The van der Waals surface area contributed by atoms with E-state index in [-0.39, 0.29) is 23.7 Å². The summed E-state index contributed by atoms with van der Waals surface area (Å²) in [7, 11) is -2.13. The zero-order valence-electron chi connectivity index (χ0n) is 30.4. The molecule has 4 rings (SSSR count). The molecule has 1 aliphatic rings. The second-order valence-electron chi connectivity index (χ2n) is 14.4. The van der Waals surface area contributed by atoms with Crippen LogP contribution in [0.2, 0.25) is 0 Å². The number of rotatable bonds is 8. The van der Waals surface area contributed by atoms with Gasteiger partial charge in [0.15, 0.2) is 9.84 Å². The molecule has 2 aromatic carbocycles. The Labute approximate surface area is 295 Å². The Kier molecular flexibility index (Phi) is 11.7. The molecule has 0 spiro atoms. The van der Waals surface area contributed by atoms with Crippen LogP contribution < -0.4 is 15.0 Å². The predicted octanol–water partition coefficient (Wildman–Crippen LogP) is 7.02. The molecule has 11 nitrogen and oxygen atoms in total. The summed E-state index contributed by atoms with van der Waals surface area (Å²) in [4.78, 5) is 28.7. The molecule has 0 unspecified atom stereocenters. The molecule has 0 bridgehead atoms. The molecule has 1 aliphatic heterocycles. The van der Waals surface area contributed by atoms with Gasteiger partial charge in [-0.3, -0.25) is 4.90 Å². The summed E-state index contributed by atoms with van der Waals surface area (Å²) in [6.45, 7) is 13.6. The number of methoxy groups -OCH3 is 1. The van der Waals surface area contributed by atoms with Gasteiger partial charge in [-0.05, 0) is 90.6 Å². The number of amides is 2. The maximum Gasteiger partial charge on any atom is 0.415 e. The van der Waals surface area contributed by atoms with Gasteiger partial charge in [-0.1, -0.05) is 18.9 Å². The average Bonchev–Trinajstić information content (AvgIpc) is 3.36. The number of nitrogens with zero attached hydrogens (tertiary/aromatic N) is 3. The quantitative estimate of drug-likeness (QED) is 0.248. The highest BCUT2D eigenvalue weighted by molar-refractivity contribution is 7.90. The van der Waals surface area contributed by atoms with Crippen LogP contribution in [0.15, 0.2) is 47.4 Å². The highest BCUT2D eigenvalue weighted by atomic mass is 32.2. The monoisotopic (exact) mass is 712 g/mol. The summed E-state index contributed by atoms with van der Waals surface area (Å²) in [6, 6.07) is 11.5. The minimum Gasteiger partial charge on any atom is -0.495 e. The molecule has 3 aromatic rings. The summed E-state index contributed by atoms with van der Waals surface area (Å²) in [5.74, 6) is 6.51. The van der Waals surface area contributed by atoms with Crippen molar-refractivity contribution in [3.05, 3.63) is 48.2 Å². The van der Waals surface area contributed by atoms with E-state index in [1.807, 2.05) is 24.3 Å². The smallest absolute Gasteiger partial charge is 0.415 e.